The zero-order valence-corrected chi connectivity index (χ0v) is 15.7. The quantitative estimate of drug-likeness (QED) is 0.862. The number of hydrogen-bond donors (Lipinski definition) is 1. The van der Waals surface area contributed by atoms with Gasteiger partial charge in [0, 0.05) is 25.7 Å². The molecule has 0 aromatic heterocycles. The molecule has 2 rings (SSSR count). The van der Waals surface area contributed by atoms with Gasteiger partial charge in [-0.05, 0) is 43.5 Å². The van der Waals surface area contributed by atoms with Gasteiger partial charge in [0.05, 0.1) is 6.42 Å². The summed E-state index contributed by atoms with van der Waals surface area (Å²) < 4.78 is 13.6. The highest BCUT2D eigenvalue weighted by atomic mass is 19.1. The van der Waals surface area contributed by atoms with E-state index in [4.69, 9.17) is 0 Å². The lowest BCUT2D eigenvalue weighted by Crippen LogP contribution is -2.38. The number of nitrogens with zero attached hydrogens (tertiary/aromatic N) is 1. The molecule has 4 nitrogen and oxygen atoms in total. The van der Waals surface area contributed by atoms with Crippen molar-refractivity contribution < 1.29 is 14.0 Å². The molecule has 1 N–H and O–H groups in total. The monoisotopic (exact) mass is 356 g/mol. The molecule has 2 amide bonds. The van der Waals surface area contributed by atoms with Crippen LogP contribution in [0.3, 0.4) is 0 Å². The Kier molecular flexibility index (Phi) is 6.50. The molecule has 0 atom stereocenters. The number of amides is 2. The van der Waals surface area contributed by atoms with Crippen molar-refractivity contribution in [1.29, 1.82) is 0 Å². The van der Waals surface area contributed by atoms with Gasteiger partial charge < -0.3 is 10.2 Å². The molecule has 0 fully saturated rings. The molecule has 2 aromatic rings. The van der Waals surface area contributed by atoms with E-state index in [0.717, 1.165) is 22.4 Å². The second kappa shape index (κ2) is 8.61. The number of nitrogens with one attached hydrogen (secondary N) is 1. The van der Waals surface area contributed by atoms with Gasteiger partial charge in [0.2, 0.25) is 11.8 Å². The zero-order valence-electron chi connectivity index (χ0n) is 15.7. The van der Waals surface area contributed by atoms with Gasteiger partial charge >= 0.3 is 0 Å². The van der Waals surface area contributed by atoms with E-state index in [1.54, 1.807) is 23.1 Å². The van der Waals surface area contributed by atoms with Crippen molar-refractivity contribution in [3.8, 4) is 0 Å². The van der Waals surface area contributed by atoms with E-state index in [9.17, 15) is 14.0 Å². The fourth-order valence-electron chi connectivity index (χ4n) is 3.21. The van der Waals surface area contributed by atoms with E-state index in [1.807, 2.05) is 32.9 Å². The normalized spacial score (nSPS) is 10.5. The number of anilines is 1. The molecule has 138 valence electrons. The molecule has 0 saturated carbocycles. The maximum atomic E-state index is 13.6. The van der Waals surface area contributed by atoms with Crippen molar-refractivity contribution in [2.24, 2.45) is 0 Å². The Hall–Kier alpha value is -2.69. The molecule has 0 spiro atoms. The van der Waals surface area contributed by atoms with Gasteiger partial charge in [-0.3, -0.25) is 9.59 Å². The Morgan fingerprint density at radius 3 is 2.27 bits per heavy atom. The number of halogens is 1. The minimum Gasteiger partial charge on any atom is -0.354 e. The van der Waals surface area contributed by atoms with Crippen molar-refractivity contribution >= 4 is 17.5 Å². The van der Waals surface area contributed by atoms with Gasteiger partial charge in [-0.2, -0.15) is 0 Å². The average molecular weight is 356 g/mol. The first kappa shape index (κ1) is 19.6. The fraction of sp³-hybridized carbons (Fsp3) is 0.333. The van der Waals surface area contributed by atoms with Crippen LogP contribution in [0.25, 0.3) is 0 Å². The van der Waals surface area contributed by atoms with Gasteiger partial charge in [0.15, 0.2) is 0 Å². The van der Waals surface area contributed by atoms with Crippen LogP contribution in [0, 0.1) is 26.6 Å². The van der Waals surface area contributed by atoms with Gasteiger partial charge in [0.25, 0.3) is 0 Å². The van der Waals surface area contributed by atoms with Crippen molar-refractivity contribution in [2.45, 2.75) is 34.1 Å². The van der Waals surface area contributed by atoms with E-state index in [0.29, 0.717) is 18.7 Å². The molecule has 0 aliphatic heterocycles. The van der Waals surface area contributed by atoms with Gasteiger partial charge in [-0.1, -0.05) is 35.9 Å². The third-order valence-electron chi connectivity index (χ3n) is 4.25. The van der Waals surface area contributed by atoms with Gasteiger partial charge in [0.1, 0.15) is 5.82 Å². The van der Waals surface area contributed by atoms with E-state index in [1.165, 1.54) is 13.0 Å². The lowest BCUT2D eigenvalue weighted by molar-refractivity contribution is -0.121. The molecule has 0 heterocycles. The predicted octanol–water partition coefficient (Wildman–Crippen LogP) is 3.46. The Morgan fingerprint density at radius 1 is 1.08 bits per heavy atom. The third-order valence-corrected chi connectivity index (χ3v) is 4.25. The summed E-state index contributed by atoms with van der Waals surface area (Å²) in [4.78, 5) is 25.8. The summed E-state index contributed by atoms with van der Waals surface area (Å²) in [5, 5.41) is 2.76. The smallest absolute Gasteiger partial charge is 0.224 e. The molecular formula is C21H25FN2O2. The fourth-order valence-corrected chi connectivity index (χ4v) is 3.21. The number of hydrogen-bond acceptors (Lipinski definition) is 2. The summed E-state index contributed by atoms with van der Waals surface area (Å²) in [6.45, 7) is 8.15. The molecular weight excluding hydrogens is 331 g/mol. The van der Waals surface area contributed by atoms with Crippen molar-refractivity contribution in [2.75, 3.05) is 18.0 Å². The Bertz CT molecular complexity index is 794. The van der Waals surface area contributed by atoms with Crippen LogP contribution in [-0.2, 0) is 16.0 Å². The summed E-state index contributed by atoms with van der Waals surface area (Å²) in [5.41, 5.74) is 4.43. The summed E-state index contributed by atoms with van der Waals surface area (Å²) in [6.07, 6.45) is -0.0185. The van der Waals surface area contributed by atoms with Crippen LogP contribution < -0.4 is 10.2 Å². The first-order valence-electron chi connectivity index (χ1n) is 8.65. The second-order valence-electron chi connectivity index (χ2n) is 6.54. The molecule has 0 aliphatic rings. The molecule has 0 saturated heterocycles. The predicted molar refractivity (Wildman–Crippen MR) is 102 cm³/mol. The number of aryl methyl sites for hydroxylation is 3. The summed E-state index contributed by atoms with van der Waals surface area (Å²) in [7, 11) is 0. The van der Waals surface area contributed by atoms with Crippen molar-refractivity contribution in [3.63, 3.8) is 0 Å². The lowest BCUT2D eigenvalue weighted by Gasteiger charge is -2.25. The molecule has 26 heavy (non-hydrogen) atoms. The van der Waals surface area contributed by atoms with Crippen LogP contribution in [0.1, 0.15) is 29.2 Å². The van der Waals surface area contributed by atoms with E-state index < -0.39 is 0 Å². The first-order valence-corrected chi connectivity index (χ1v) is 8.65. The Morgan fingerprint density at radius 2 is 1.69 bits per heavy atom. The number of carbonyl (C=O) groups excluding carboxylic acids is 2. The van der Waals surface area contributed by atoms with Crippen molar-refractivity contribution in [3.05, 3.63) is 64.5 Å². The number of benzene rings is 2. The van der Waals surface area contributed by atoms with E-state index in [2.05, 4.69) is 5.32 Å². The maximum absolute atomic E-state index is 13.6. The zero-order chi connectivity index (χ0) is 19.3. The van der Waals surface area contributed by atoms with Crippen LogP contribution in [-0.4, -0.2) is 24.9 Å². The number of rotatable bonds is 6. The summed E-state index contributed by atoms with van der Waals surface area (Å²) in [5.74, 6) is -0.738. The Balaban J connectivity index is 2.01. The van der Waals surface area contributed by atoms with Crippen LogP contribution >= 0.6 is 0 Å². The maximum Gasteiger partial charge on any atom is 0.224 e. The second-order valence-corrected chi connectivity index (χ2v) is 6.54. The molecule has 2 aromatic carbocycles. The largest absolute Gasteiger partial charge is 0.354 e. The molecule has 0 aliphatic carbocycles. The number of carbonyl (C=O) groups is 2. The molecule has 0 radical (unpaired) electrons. The van der Waals surface area contributed by atoms with Gasteiger partial charge in [-0.15, -0.1) is 0 Å². The summed E-state index contributed by atoms with van der Waals surface area (Å²) >= 11 is 0. The molecule has 0 unspecified atom stereocenters. The topological polar surface area (TPSA) is 49.4 Å². The van der Waals surface area contributed by atoms with E-state index >= 15 is 0 Å². The summed E-state index contributed by atoms with van der Waals surface area (Å²) in [6, 6.07) is 10.3. The van der Waals surface area contributed by atoms with Crippen LogP contribution in [0.2, 0.25) is 0 Å². The first-order chi connectivity index (χ1) is 12.3. The average Bonchev–Trinajstić information content (AvgIpc) is 2.54. The van der Waals surface area contributed by atoms with Crippen LogP contribution in [0.15, 0.2) is 36.4 Å². The van der Waals surface area contributed by atoms with Crippen LogP contribution in [0.4, 0.5) is 10.1 Å². The standard InChI is InChI=1S/C21H25FN2O2/c1-14-11-15(2)21(16(3)12-14)24(17(4)25)10-9-23-20(26)13-18-7-5-6-8-19(18)22/h5-8,11-12H,9-10,13H2,1-4H3,(H,23,26). The highest BCUT2D eigenvalue weighted by Crippen LogP contribution is 2.26. The lowest BCUT2D eigenvalue weighted by atomic mass is 10.0. The highest BCUT2D eigenvalue weighted by molar-refractivity contribution is 5.93. The molecule has 0 bridgehead atoms. The molecule has 5 heteroatoms. The van der Waals surface area contributed by atoms with Crippen LogP contribution in [0.5, 0.6) is 0 Å². The minimum atomic E-state index is -0.390. The van der Waals surface area contributed by atoms with Gasteiger partial charge in [-0.25, -0.2) is 4.39 Å². The third kappa shape index (κ3) is 4.91. The Labute approximate surface area is 154 Å². The highest BCUT2D eigenvalue weighted by Gasteiger charge is 2.17. The van der Waals surface area contributed by atoms with Crippen molar-refractivity contribution in [1.82, 2.24) is 5.32 Å². The van der Waals surface area contributed by atoms with E-state index in [-0.39, 0.29) is 24.1 Å². The SMILES string of the molecule is CC(=O)N(CCNC(=O)Cc1ccccc1F)c1c(C)cc(C)cc1C. The minimum absolute atomic E-state index is 0.0185.